The fourth-order valence-corrected chi connectivity index (χ4v) is 4.75. The lowest BCUT2D eigenvalue weighted by molar-refractivity contribution is -0.166. The van der Waals surface area contributed by atoms with Crippen LogP contribution >= 0.6 is 0 Å². The molecule has 1 aromatic rings. The molecule has 0 aromatic heterocycles. The molecule has 0 spiro atoms. The molecule has 2 bridgehead atoms. The maximum Gasteiger partial charge on any atom is 0.410 e. The number of primary amides is 1. The van der Waals surface area contributed by atoms with Crippen LogP contribution in [0.5, 0.6) is 0 Å². The summed E-state index contributed by atoms with van der Waals surface area (Å²) in [5.74, 6) is -0.157. The summed E-state index contributed by atoms with van der Waals surface area (Å²) in [7, 11) is 1.73. The van der Waals surface area contributed by atoms with Crippen LogP contribution in [-0.4, -0.2) is 42.7 Å². The van der Waals surface area contributed by atoms with Crippen molar-refractivity contribution in [3.05, 3.63) is 35.4 Å². The average Bonchev–Trinajstić information content (AvgIpc) is 2.58. The number of hydrogen-bond acceptors (Lipinski definition) is 4. The number of nitrogens with two attached hydrogens (primary N) is 1. The van der Waals surface area contributed by atoms with Gasteiger partial charge in [-0.2, -0.15) is 0 Å². The van der Waals surface area contributed by atoms with Gasteiger partial charge in [-0.1, -0.05) is 18.6 Å². The molecule has 1 aliphatic heterocycles. The first kappa shape index (κ1) is 19.7. The van der Waals surface area contributed by atoms with Crippen LogP contribution in [0.1, 0.15) is 56.0 Å². The second kappa shape index (κ2) is 7.15. The molecule has 1 aromatic carbocycles. The summed E-state index contributed by atoms with van der Waals surface area (Å²) < 4.78 is 11.8. The highest BCUT2D eigenvalue weighted by Crippen LogP contribution is 2.51. The highest BCUT2D eigenvalue weighted by Gasteiger charge is 2.54. The second-order valence-corrected chi connectivity index (χ2v) is 8.65. The summed E-state index contributed by atoms with van der Waals surface area (Å²) in [5.41, 5.74) is 5.91. The average molecular weight is 374 g/mol. The minimum Gasteiger partial charge on any atom is -0.444 e. The lowest BCUT2D eigenvalue weighted by Gasteiger charge is -2.55. The number of carbonyl (C=O) groups is 2. The smallest absolute Gasteiger partial charge is 0.410 e. The van der Waals surface area contributed by atoms with Gasteiger partial charge in [0.05, 0.1) is 0 Å². The van der Waals surface area contributed by atoms with Crippen LogP contribution < -0.4 is 5.73 Å². The first-order chi connectivity index (χ1) is 12.7. The van der Waals surface area contributed by atoms with Gasteiger partial charge in [0.1, 0.15) is 11.2 Å². The van der Waals surface area contributed by atoms with E-state index < -0.39 is 17.1 Å². The van der Waals surface area contributed by atoms with Crippen molar-refractivity contribution in [2.24, 2.45) is 17.6 Å². The van der Waals surface area contributed by atoms with Crippen molar-refractivity contribution in [2.75, 3.05) is 20.2 Å². The zero-order chi connectivity index (χ0) is 19.8. The number of ether oxygens (including phenoxy) is 2. The summed E-state index contributed by atoms with van der Waals surface area (Å²) in [5, 5.41) is 0. The van der Waals surface area contributed by atoms with E-state index in [2.05, 4.69) is 0 Å². The molecule has 0 radical (unpaired) electrons. The van der Waals surface area contributed by atoms with Crippen molar-refractivity contribution in [1.82, 2.24) is 4.90 Å². The predicted octanol–water partition coefficient (Wildman–Crippen LogP) is 3.29. The van der Waals surface area contributed by atoms with Crippen LogP contribution in [0.4, 0.5) is 4.79 Å². The molecule has 1 saturated carbocycles. The number of likely N-dealkylation sites (tertiary alicyclic amines) is 1. The van der Waals surface area contributed by atoms with Crippen molar-refractivity contribution >= 4 is 12.0 Å². The zero-order valence-corrected chi connectivity index (χ0v) is 16.7. The number of piperidine rings is 1. The Morgan fingerprint density at radius 2 is 1.81 bits per heavy atom. The molecule has 6 nitrogen and oxygen atoms in total. The molecule has 1 heterocycles. The van der Waals surface area contributed by atoms with E-state index in [1.54, 1.807) is 13.2 Å². The van der Waals surface area contributed by atoms with E-state index in [4.69, 9.17) is 15.2 Å². The Morgan fingerprint density at radius 1 is 1.19 bits per heavy atom. The van der Waals surface area contributed by atoms with Crippen molar-refractivity contribution in [1.29, 1.82) is 0 Å². The molecule has 2 aliphatic rings. The van der Waals surface area contributed by atoms with E-state index in [-0.39, 0.29) is 17.9 Å². The normalized spacial score (nSPS) is 27.9. The van der Waals surface area contributed by atoms with E-state index in [0.29, 0.717) is 18.7 Å². The molecule has 3 atom stereocenters. The van der Waals surface area contributed by atoms with Crippen molar-refractivity contribution < 1.29 is 19.1 Å². The van der Waals surface area contributed by atoms with E-state index >= 15 is 0 Å². The molecule has 2 fully saturated rings. The lowest BCUT2D eigenvalue weighted by Crippen LogP contribution is -2.60. The fraction of sp³-hybridized carbons (Fsp3) is 0.619. The Labute approximate surface area is 161 Å². The molecule has 2 N–H and O–H groups in total. The van der Waals surface area contributed by atoms with Gasteiger partial charge in [-0.05, 0) is 51.3 Å². The standard InChI is InChI=1S/C21H30N2O4/c1-20(2,3)27-19(25)23-12-16-9-6-10-17(13-23)21(16,26-4)15-8-5-7-14(11-15)18(22)24/h5,7-8,11,16-17H,6,9-10,12-13H2,1-4H3,(H2,22,24)/t16-,17+,21?. The number of carbonyl (C=O) groups excluding carboxylic acids is 2. The zero-order valence-electron chi connectivity index (χ0n) is 16.7. The molecule has 27 heavy (non-hydrogen) atoms. The number of benzene rings is 1. The monoisotopic (exact) mass is 374 g/mol. The largest absolute Gasteiger partial charge is 0.444 e. The molecule has 1 saturated heterocycles. The summed E-state index contributed by atoms with van der Waals surface area (Å²) in [6.45, 7) is 6.81. The highest BCUT2D eigenvalue weighted by atomic mass is 16.6. The van der Waals surface area contributed by atoms with Crippen LogP contribution in [0.3, 0.4) is 0 Å². The van der Waals surface area contributed by atoms with Gasteiger partial charge < -0.3 is 20.1 Å². The van der Waals surface area contributed by atoms with Crippen LogP contribution in [0.15, 0.2) is 24.3 Å². The molecule has 3 rings (SSSR count). The maximum atomic E-state index is 12.6. The number of hydrogen-bond donors (Lipinski definition) is 1. The van der Waals surface area contributed by atoms with Crippen LogP contribution in [-0.2, 0) is 15.1 Å². The van der Waals surface area contributed by atoms with Gasteiger partial charge in [0.25, 0.3) is 0 Å². The SMILES string of the molecule is COC1(c2cccc(C(N)=O)c2)[C@@H]2CCC[C@H]1CN(C(=O)OC(C)(C)C)C2. The summed E-state index contributed by atoms with van der Waals surface area (Å²) in [6, 6.07) is 7.43. The molecule has 148 valence electrons. The van der Waals surface area contributed by atoms with Gasteiger partial charge in [0.2, 0.25) is 5.91 Å². The Balaban J connectivity index is 1.93. The Bertz CT molecular complexity index is 711. The summed E-state index contributed by atoms with van der Waals surface area (Å²) >= 11 is 0. The van der Waals surface area contributed by atoms with Crippen molar-refractivity contribution in [2.45, 2.75) is 51.2 Å². The van der Waals surface area contributed by atoms with Gasteiger partial charge >= 0.3 is 6.09 Å². The second-order valence-electron chi connectivity index (χ2n) is 8.65. The number of rotatable bonds is 3. The van der Waals surface area contributed by atoms with Gasteiger partial charge in [-0.25, -0.2) is 4.79 Å². The van der Waals surface area contributed by atoms with Crippen LogP contribution in [0.2, 0.25) is 0 Å². The quantitative estimate of drug-likeness (QED) is 0.880. The van der Waals surface area contributed by atoms with Crippen molar-refractivity contribution in [3.8, 4) is 0 Å². The Kier molecular flexibility index (Phi) is 5.21. The van der Waals surface area contributed by atoms with E-state index in [1.165, 1.54) is 0 Å². The third-order valence-electron chi connectivity index (χ3n) is 5.79. The Morgan fingerprint density at radius 3 is 2.33 bits per heavy atom. The van der Waals surface area contributed by atoms with E-state index in [9.17, 15) is 9.59 Å². The van der Waals surface area contributed by atoms with Crippen LogP contribution in [0.25, 0.3) is 0 Å². The number of methoxy groups -OCH3 is 1. The third kappa shape index (κ3) is 3.68. The molecular weight excluding hydrogens is 344 g/mol. The highest BCUT2D eigenvalue weighted by molar-refractivity contribution is 5.93. The molecule has 6 heteroatoms. The first-order valence-electron chi connectivity index (χ1n) is 9.61. The minimum atomic E-state index is -0.516. The lowest BCUT2D eigenvalue weighted by atomic mass is 9.62. The molecule has 1 aliphatic carbocycles. The van der Waals surface area contributed by atoms with Crippen molar-refractivity contribution in [3.63, 3.8) is 0 Å². The van der Waals surface area contributed by atoms with E-state index in [0.717, 1.165) is 24.8 Å². The maximum absolute atomic E-state index is 12.6. The number of fused-ring (bicyclic) bond motifs is 2. The molecular formula is C21H30N2O4. The van der Waals surface area contributed by atoms with Gasteiger partial charge in [-0.3, -0.25) is 4.79 Å². The summed E-state index contributed by atoms with van der Waals surface area (Å²) in [6.07, 6.45) is 2.77. The van der Waals surface area contributed by atoms with Gasteiger partial charge in [0.15, 0.2) is 0 Å². The third-order valence-corrected chi connectivity index (χ3v) is 5.79. The van der Waals surface area contributed by atoms with Gasteiger partial charge in [0, 0.05) is 37.6 Å². The van der Waals surface area contributed by atoms with E-state index in [1.807, 2.05) is 43.9 Å². The van der Waals surface area contributed by atoms with Gasteiger partial charge in [-0.15, -0.1) is 0 Å². The Hall–Kier alpha value is -2.08. The topological polar surface area (TPSA) is 81.9 Å². The fourth-order valence-electron chi connectivity index (χ4n) is 4.75. The summed E-state index contributed by atoms with van der Waals surface area (Å²) in [4.78, 5) is 26.1. The number of nitrogens with zero attached hydrogens (tertiary/aromatic N) is 1. The first-order valence-corrected chi connectivity index (χ1v) is 9.61. The molecule has 1 unspecified atom stereocenters. The number of amides is 2. The minimum absolute atomic E-state index is 0.144. The predicted molar refractivity (Wildman–Crippen MR) is 102 cm³/mol. The van der Waals surface area contributed by atoms with Crippen LogP contribution in [0, 0.1) is 11.8 Å². The molecule has 2 amide bonds.